The zero-order valence-corrected chi connectivity index (χ0v) is 19.6. The van der Waals surface area contributed by atoms with Crippen LogP contribution in [0.25, 0.3) is 0 Å². The maximum atomic E-state index is 13.1. The molecule has 9 nitrogen and oxygen atoms in total. The normalized spacial score (nSPS) is 20.4. The molecule has 1 aromatic rings. The van der Waals surface area contributed by atoms with Crippen LogP contribution in [0.1, 0.15) is 48.9 Å². The zero-order valence-electron chi connectivity index (χ0n) is 18.8. The van der Waals surface area contributed by atoms with Gasteiger partial charge in [0.15, 0.2) is 27.9 Å². The predicted octanol–water partition coefficient (Wildman–Crippen LogP) is 2.22. The van der Waals surface area contributed by atoms with E-state index in [1.165, 1.54) is 27.4 Å². The highest BCUT2D eigenvalue weighted by Crippen LogP contribution is 2.40. The molecule has 2 fully saturated rings. The van der Waals surface area contributed by atoms with Crippen molar-refractivity contribution in [2.45, 2.75) is 50.6 Å². The van der Waals surface area contributed by atoms with Gasteiger partial charge in [0.1, 0.15) is 5.56 Å². The molecule has 0 N–H and O–H groups in total. The molecule has 1 unspecified atom stereocenters. The molecule has 1 saturated heterocycles. The number of methoxy groups -OCH3 is 3. The molecular formula is C22H31NO8S. The monoisotopic (exact) mass is 469 g/mol. The van der Waals surface area contributed by atoms with Gasteiger partial charge in [-0.1, -0.05) is 19.3 Å². The van der Waals surface area contributed by atoms with Crippen molar-refractivity contribution in [2.24, 2.45) is 0 Å². The summed E-state index contributed by atoms with van der Waals surface area (Å²) in [6.07, 6.45) is 5.18. The van der Waals surface area contributed by atoms with Gasteiger partial charge in [-0.2, -0.15) is 0 Å². The molecule has 1 aromatic carbocycles. The Balaban J connectivity index is 1.75. The van der Waals surface area contributed by atoms with Crippen LogP contribution < -0.4 is 14.2 Å². The lowest BCUT2D eigenvalue weighted by Gasteiger charge is -2.38. The summed E-state index contributed by atoms with van der Waals surface area (Å²) in [6.45, 7) is -0.469. The zero-order chi connectivity index (χ0) is 23.3. The highest BCUT2D eigenvalue weighted by Gasteiger charge is 2.39. The van der Waals surface area contributed by atoms with E-state index in [0.29, 0.717) is 12.2 Å². The van der Waals surface area contributed by atoms with Crippen molar-refractivity contribution in [1.29, 1.82) is 0 Å². The van der Waals surface area contributed by atoms with Gasteiger partial charge in [-0.3, -0.25) is 4.79 Å². The van der Waals surface area contributed by atoms with Crippen LogP contribution in [-0.4, -0.2) is 76.7 Å². The Kier molecular flexibility index (Phi) is 7.86. The summed E-state index contributed by atoms with van der Waals surface area (Å²) in [4.78, 5) is 27.6. The van der Waals surface area contributed by atoms with Crippen LogP contribution in [0.4, 0.5) is 0 Å². The lowest BCUT2D eigenvalue weighted by molar-refractivity contribution is -0.140. The Labute approximate surface area is 188 Å². The van der Waals surface area contributed by atoms with Crippen LogP contribution in [0.15, 0.2) is 12.1 Å². The van der Waals surface area contributed by atoms with Gasteiger partial charge in [0.25, 0.3) is 5.91 Å². The third-order valence-corrected chi connectivity index (χ3v) is 7.86. The summed E-state index contributed by atoms with van der Waals surface area (Å²) in [5.74, 6) is -0.275. The number of carbonyl (C=O) groups excluding carboxylic acids is 2. The molecule has 2 aliphatic rings. The number of carbonyl (C=O) groups is 2. The molecule has 1 heterocycles. The van der Waals surface area contributed by atoms with Crippen molar-refractivity contribution in [3.63, 3.8) is 0 Å². The van der Waals surface area contributed by atoms with Gasteiger partial charge >= 0.3 is 5.97 Å². The molecule has 10 heteroatoms. The summed E-state index contributed by atoms with van der Waals surface area (Å²) in [5, 5.41) is 0. The van der Waals surface area contributed by atoms with E-state index >= 15 is 0 Å². The molecule has 0 bridgehead atoms. The van der Waals surface area contributed by atoms with Gasteiger partial charge in [0.05, 0.1) is 32.8 Å². The van der Waals surface area contributed by atoms with Crippen molar-refractivity contribution >= 4 is 21.7 Å². The van der Waals surface area contributed by atoms with Gasteiger partial charge in [-0.15, -0.1) is 0 Å². The van der Waals surface area contributed by atoms with Crippen molar-refractivity contribution in [3.8, 4) is 17.2 Å². The molecule has 1 aliphatic heterocycles. The van der Waals surface area contributed by atoms with Crippen LogP contribution in [-0.2, 0) is 19.4 Å². The highest BCUT2D eigenvalue weighted by atomic mass is 32.2. The molecule has 1 atom stereocenters. The van der Waals surface area contributed by atoms with E-state index in [1.54, 1.807) is 11.0 Å². The third kappa shape index (κ3) is 5.28. The Morgan fingerprint density at radius 3 is 2.19 bits per heavy atom. The minimum Gasteiger partial charge on any atom is -0.493 e. The van der Waals surface area contributed by atoms with Crippen molar-refractivity contribution in [1.82, 2.24) is 4.90 Å². The Hall–Kier alpha value is -2.49. The minimum absolute atomic E-state index is 0.0242. The molecule has 3 rings (SSSR count). The van der Waals surface area contributed by atoms with E-state index in [1.807, 2.05) is 0 Å². The van der Waals surface area contributed by atoms with Crippen molar-refractivity contribution < 1.29 is 37.0 Å². The Morgan fingerprint density at radius 1 is 0.938 bits per heavy atom. The van der Waals surface area contributed by atoms with Gasteiger partial charge in [0.2, 0.25) is 5.75 Å². The largest absolute Gasteiger partial charge is 0.493 e. The van der Waals surface area contributed by atoms with E-state index < -0.39 is 22.4 Å². The number of sulfone groups is 1. The lowest BCUT2D eigenvalue weighted by atomic mass is 9.93. The number of rotatable bonds is 8. The van der Waals surface area contributed by atoms with Gasteiger partial charge in [-0.25, -0.2) is 13.2 Å². The summed E-state index contributed by atoms with van der Waals surface area (Å²) < 4.78 is 45.2. The van der Waals surface area contributed by atoms with Crippen LogP contribution in [0, 0.1) is 0 Å². The fourth-order valence-electron chi connectivity index (χ4n) is 4.60. The molecule has 32 heavy (non-hydrogen) atoms. The number of ether oxygens (including phenoxy) is 4. The van der Waals surface area contributed by atoms with E-state index in [0.717, 1.165) is 32.1 Å². The number of nitrogens with zero attached hydrogens (tertiary/aromatic N) is 1. The van der Waals surface area contributed by atoms with E-state index in [9.17, 15) is 18.0 Å². The number of hydrogen-bond donors (Lipinski definition) is 0. The summed E-state index contributed by atoms with van der Waals surface area (Å²) in [6, 6.07) is 2.64. The molecular weight excluding hydrogens is 438 g/mol. The molecule has 0 spiro atoms. The molecule has 178 valence electrons. The van der Waals surface area contributed by atoms with Gasteiger partial charge in [0, 0.05) is 12.1 Å². The predicted molar refractivity (Wildman–Crippen MR) is 117 cm³/mol. The van der Waals surface area contributed by atoms with E-state index in [2.05, 4.69) is 0 Å². The molecule has 0 radical (unpaired) electrons. The Bertz CT molecular complexity index is 939. The van der Waals surface area contributed by atoms with Crippen molar-refractivity contribution in [3.05, 3.63) is 17.7 Å². The quantitative estimate of drug-likeness (QED) is 0.533. The topological polar surface area (TPSA) is 108 Å². The van der Waals surface area contributed by atoms with Crippen LogP contribution >= 0.6 is 0 Å². The number of benzene rings is 1. The second-order valence-electron chi connectivity index (χ2n) is 8.11. The van der Waals surface area contributed by atoms with E-state index in [4.69, 9.17) is 18.9 Å². The molecule has 0 aromatic heterocycles. The summed E-state index contributed by atoms with van der Waals surface area (Å²) >= 11 is 0. The fraction of sp³-hybridized carbons (Fsp3) is 0.636. The van der Waals surface area contributed by atoms with Crippen LogP contribution in [0.5, 0.6) is 17.2 Å². The molecule has 1 amide bonds. The minimum atomic E-state index is -3.15. The van der Waals surface area contributed by atoms with E-state index in [-0.39, 0.29) is 46.6 Å². The number of esters is 1. The third-order valence-electron chi connectivity index (χ3n) is 6.11. The maximum Gasteiger partial charge on any atom is 0.342 e. The average molecular weight is 470 g/mol. The first kappa shape index (κ1) is 24.2. The second kappa shape index (κ2) is 10.4. The average Bonchev–Trinajstić information content (AvgIpc) is 3.15. The first-order chi connectivity index (χ1) is 15.3. The first-order valence-corrected chi connectivity index (χ1v) is 12.6. The standard InChI is InChI=1S/C22H31NO8S/c1-28-18-10-9-17(20(29-2)21(18)30-3)22(25)31-13-19(24)23(15-7-5-4-6-8-15)16-11-12-32(26,27)14-16/h9-10,15-16H,4-8,11-14H2,1-3H3. The summed E-state index contributed by atoms with van der Waals surface area (Å²) in [7, 11) is 1.14. The Morgan fingerprint density at radius 2 is 1.62 bits per heavy atom. The maximum absolute atomic E-state index is 13.1. The lowest BCUT2D eigenvalue weighted by Crippen LogP contribution is -2.50. The number of hydrogen-bond acceptors (Lipinski definition) is 8. The first-order valence-electron chi connectivity index (χ1n) is 10.8. The highest BCUT2D eigenvalue weighted by molar-refractivity contribution is 7.91. The second-order valence-corrected chi connectivity index (χ2v) is 10.3. The van der Waals surface area contributed by atoms with Gasteiger partial charge in [-0.05, 0) is 31.4 Å². The van der Waals surface area contributed by atoms with Crippen molar-refractivity contribution in [2.75, 3.05) is 39.4 Å². The van der Waals surface area contributed by atoms with Crippen LogP contribution in [0.3, 0.4) is 0 Å². The summed E-state index contributed by atoms with van der Waals surface area (Å²) in [5.41, 5.74) is 0.102. The smallest absolute Gasteiger partial charge is 0.342 e. The van der Waals surface area contributed by atoms with Gasteiger partial charge < -0.3 is 23.8 Å². The number of amides is 1. The van der Waals surface area contributed by atoms with Crippen LogP contribution in [0.2, 0.25) is 0 Å². The fourth-order valence-corrected chi connectivity index (χ4v) is 6.31. The molecule has 1 aliphatic carbocycles. The SMILES string of the molecule is COc1ccc(C(=O)OCC(=O)N(C2CCCCC2)C2CCS(=O)(=O)C2)c(OC)c1OC. The molecule has 1 saturated carbocycles.